The van der Waals surface area contributed by atoms with E-state index in [1.807, 2.05) is 0 Å². The van der Waals surface area contributed by atoms with E-state index in [-0.39, 0.29) is 5.91 Å². The first kappa shape index (κ1) is 18.7. The van der Waals surface area contributed by atoms with Crippen molar-refractivity contribution >= 4 is 35.3 Å². The second-order valence-corrected chi connectivity index (χ2v) is 5.18. The Morgan fingerprint density at radius 2 is 1.46 bits per heavy atom. The molecule has 0 unspecified atom stereocenters. The van der Waals surface area contributed by atoms with E-state index in [1.165, 1.54) is 13.1 Å². The van der Waals surface area contributed by atoms with Gasteiger partial charge in [0.15, 0.2) is 0 Å². The third kappa shape index (κ3) is 5.75. The Labute approximate surface area is 150 Å². The molecule has 134 valence electrons. The van der Waals surface area contributed by atoms with Gasteiger partial charge >= 0.3 is 11.8 Å². The van der Waals surface area contributed by atoms with Crippen LogP contribution in [0.3, 0.4) is 0 Å². The van der Waals surface area contributed by atoms with Crippen LogP contribution in [0.2, 0.25) is 0 Å². The van der Waals surface area contributed by atoms with Gasteiger partial charge < -0.3 is 15.4 Å². The van der Waals surface area contributed by atoms with Gasteiger partial charge in [0, 0.05) is 18.3 Å². The molecule has 2 aromatic rings. The fourth-order valence-corrected chi connectivity index (χ4v) is 1.93. The van der Waals surface area contributed by atoms with E-state index in [2.05, 4.69) is 21.2 Å². The first-order valence-corrected chi connectivity index (χ1v) is 7.64. The summed E-state index contributed by atoms with van der Waals surface area (Å²) >= 11 is 0. The maximum absolute atomic E-state index is 11.8. The Bertz CT molecular complexity index is 814. The average molecular weight is 354 g/mol. The number of carbonyl (C=O) groups is 3. The zero-order valence-corrected chi connectivity index (χ0v) is 14.3. The molecule has 2 rings (SSSR count). The molecular weight excluding hydrogens is 336 g/mol. The lowest BCUT2D eigenvalue weighted by Crippen LogP contribution is -2.32. The number of rotatable bonds is 5. The zero-order valence-electron chi connectivity index (χ0n) is 14.3. The van der Waals surface area contributed by atoms with Gasteiger partial charge in [-0.3, -0.25) is 14.4 Å². The molecule has 3 N–H and O–H groups in total. The van der Waals surface area contributed by atoms with Crippen molar-refractivity contribution in [2.75, 3.05) is 17.7 Å². The molecule has 0 aliphatic carbocycles. The molecule has 0 aliphatic rings. The molecule has 8 nitrogen and oxygen atoms in total. The van der Waals surface area contributed by atoms with Crippen molar-refractivity contribution < 1.29 is 19.1 Å². The largest absolute Gasteiger partial charge is 0.497 e. The van der Waals surface area contributed by atoms with Gasteiger partial charge in [0.1, 0.15) is 5.75 Å². The van der Waals surface area contributed by atoms with Crippen molar-refractivity contribution in [3.05, 3.63) is 54.1 Å². The summed E-state index contributed by atoms with van der Waals surface area (Å²) in [6.07, 6.45) is 1.41. The quantitative estimate of drug-likeness (QED) is 0.432. The summed E-state index contributed by atoms with van der Waals surface area (Å²) in [5.41, 5.74) is 3.89. The number of benzene rings is 2. The van der Waals surface area contributed by atoms with Crippen LogP contribution in [0.4, 0.5) is 11.4 Å². The van der Waals surface area contributed by atoms with Gasteiger partial charge in [-0.1, -0.05) is 0 Å². The number of amides is 3. The summed E-state index contributed by atoms with van der Waals surface area (Å²) in [4.78, 5) is 34.5. The van der Waals surface area contributed by atoms with Crippen molar-refractivity contribution in [1.82, 2.24) is 5.43 Å². The zero-order chi connectivity index (χ0) is 18.9. The van der Waals surface area contributed by atoms with Gasteiger partial charge in [0.05, 0.1) is 13.3 Å². The summed E-state index contributed by atoms with van der Waals surface area (Å²) in [5.74, 6) is -1.25. The molecular formula is C18H18N4O4. The normalized spacial score (nSPS) is 10.2. The van der Waals surface area contributed by atoms with Crippen molar-refractivity contribution in [2.24, 2.45) is 5.10 Å². The van der Waals surface area contributed by atoms with E-state index in [1.54, 1.807) is 55.6 Å². The molecule has 0 aromatic heterocycles. The van der Waals surface area contributed by atoms with Gasteiger partial charge in [-0.2, -0.15) is 5.10 Å². The Morgan fingerprint density at radius 1 is 0.885 bits per heavy atom. The lowest BCUT2D eigenvalue weighted by Gasteiger charge is -2.06. The summed E-state index contributed by atoms with van der Waals surface area (Å²) < 4.78 is 5.04. The number of methoxy groups -OCH3 is 1. The molecule has 0 bridgehead atoms. The molecule has 0 saturated carbocycles. The standard InChI is InChI=1S/C18H18N4O4/c1-12(23)20-14-5-7-15(8-6-14)21-17(24)18(25)22-19-11-13-3-9-16(26-2)10-4-13/h3-11H,1-2H3,(H,20,23)(H,21,24)(H,22,25)/b19-11+. The molecule has 8 heteroatoms. The minimum atomic E-state index is -0.902. The van der Waals surface area contributed by atoms with Crippen LogP contribution in [0, 0.1) is 0 Å². The Hall–Kier alpha value is -3.68. The van der Waals surface area contributed by atoms with Crippen LogP contribution < -0.4 is 20.8 Å². The van der Waals surface area contributed by atoms with E-state index in [9.17, 15) is 14.4 Å². The summed E-state index contributed by atoms with van der Waals surface area (Å²) in [7, 11) is 1.56. The second-order valence-electron chi connectivity index (χ2n) is 5.18. The van der Waals surface area contributed by atoms with Crippen LogP contribution in [0.5, 0.6) is 5.75 Å². The van der Waals surface area contributed by atoms with E-state index < -0.39 is 11.8 Å². The number of anilines is 2. The molecule has 0 aliphatic heterocycles. The molecule has 0 heterocycles. The van der Waals surface area contributed by atoms with Gasteiger partial charge in [-0.05, 0) is 54.1 Å². The van der Waals surface area contributed by atoms with Crippen molar-refractivity contribution in [3.63, 3.8) is 0 Å². The molecule has 0 spiro atoms. The van der Waals surface area contributed by atoms with Crippen LogP contribution in [0.1, 0.15) is 12.5 Å². The molecule has 0 radical (unpaired) electrons. The van der Waals surface area contributed by atoms with Crippen LogP contribution in [0.25, 0.3) is 0 Å². The number of carbonyl (C=O) groups excluding carboxylic acids is 3. The van der Waals surface area contributed by atoms with Crippen LogP contribution in [-0.2, 0) is 14.4 Å². The van der Waals surface area contributed by atoms with Crippen molar-refractivity contribution in [1.29, 1.82) is 0 Å². The molecule has 26 heavy (non-hydrogen) atoms. The summed E-state index contributed by atoms with van der Waals surface area (Å²) in [6.45, 7) is 1.40. The van der Waals surface area contributed by atoms with E-state index in [0.717, 1.165) is 5.56 Å². The highest BCUT2D eigenvalue weighted by atomic mass is 16.5. The monoisotopic (exact) mass is 354 g/mol. The number of nitrogens with zero attached hydrogens (tertiary/aromatic N) is 1. The summed E-state index contributed by atoms with van der Waals surface area (Å²) in [5, 5.41) is 8.77. The second kappa shape index (κ2) is 8.97. The fourth-order valence-electron chi connectivity index (χ4n) is 1.93. The van der Waals surface area contributed by atoms with E-state index in [4.69, 9.17) is 4.74 Å². The van der Waals surface area contributed by atoms with Gasteiger partial charge in [-0.15, -0.1) is 0 Å². The minimum Gasteiger partial charge on any atom is -0.497 e. The van der Waals surface area contributed by atoms with Crippen molar-refractivity contribution in [3.8, 4) is 5.75 Å². The van der Waals surface area contributed by atoms with E-state index in [0.29, 0.717) is 17.1 Å². The maximum Gasteiger partial charge on any atom is 0.329 e. The molecule has 0 fully saturated rings. The summed E-state index contributed by atoms with van der Waals surface area (Å²) in [6, 6.07) is 13.4. The number of ether oxygens (including phenoxy) is 1. The van der Waals surface area contributed by atoms with Gasteiger partial charge in [0.2, 0.25) is 5.91 Å². The number of nitrogens with one attached hydrogen (secondary N) is 3. The lowest BCUT2D eigenvalue weighted by atomic mass is 10.2. The number of hydrazone groups is 1. The lowest BCUT2D eigenvalue weighted by molar-refractivity contribution is -0.136. The topological polar surface area (TPSA) is 109 Å². The minimum absolute atomic E-state index is 0.198. The average Bonchev–Trinajstić information content (AvgIpc) is 2.63. The van der Waals surface area contributed by atoms with E-state index >= 15 is 0 Å². The number of hydrogen-bond acceptors (Lipinski definition) is 5. The first-order valence-electron chi connectivity index (χ1n) is 7.64. The number of hydrogen-bond donors (Lipinski definition) is 3. The Kier molecular flexibility index (Phi) is 6.44. The maximum atomic E-state index is 11.8. The smallest absolute Gasteiger partial charge is 0.329 e. The SMILES string of the molecule is COc1ccc(/C=N/NC(=O)C(=O)Nc2ccc(NC(C)=O)cc2)cc1. The molecule has 0 atom stereocenters. The highest BCUT2D eigenvalue weighted by Gasteiger charge is 2.12. The third-order valence-corrected chi connectivity index (χ3v) is 3.16. The fraction of sp³-hybridized carbons (Fsp3) is 0.111. The predicted molar refractivity (Wildman–Crippen MR) is 98.1 cm³/mol. The molecule has 0 saturated heterocycles. The highest BCUT2D eigenvalue weighted by Crippen LogP contribution is 2.13. The third-order valence-electron chi connectivity index (χ3n) is 3.16. The van der Waals surface area contributed by atoms with Crippen molar-refractivity contribution in [2.45, 2.75) is 6.92 Å². The van der Waals surface area contributed by atoms with Crippen LogP contribution >= 0.6 is 0 Å². The molecule has 3 amide bonds. The van der Waals surface area contributed by atoms with Gasteiger partial charge in [-0.25, -0.2) is 5.43 Å². The Balaban J connectivity index is 1.85. The van der Waals surface area contributed by atoms with Crippen LogP contribution in [-0.4, -0.2) is 31.0 Å². The predicted octanol–water partition coefficient (Wildman–Crippen LogP) is 1.74. The molecule has 2 aromatic carbocycles. The first-order chi connectivity index (χ1) is 12.5. The van der Waals surface area contributed by atoms with Crippen LogP contribution in [0.15, 0.2) is 53.6 Å². The Morgan fingerprint density at radius 3 is 2.00 bits per heavy atom. The van der Waals surface area contributed by atoms with Gasteiger partial charge in [0.25, 0.3) is 0 Å². The highest BCUT2D eigenvalue weighted by molar-refractivity contribution is 6.39.